The lowest BCUT2D eigenvalue weighted by molar-refractivity contribution is -0.167. The third-order valence-corrected chi connectivity index (χ3v) is 14.1. The van der Waals surface area contributed by atoms with Gasteiger partial charge in [0.05, 0.1) is 0 Å². The monoisotopic (exact) mass is 1130 g/mol. The summed E-state index contributed by atoms with van der Waals surface area (Å²) in [6, 6.07) is 0. The van der Waals surface area contributed by atoms with Gasteiger partial charge in [0, 0.05) is 19.3 Å². The van der Waals surface area contributed by atoms with Gasteiger partial charge in [-0.1, -0.05) is 308 Å². The van der Waals surface area contributed by atoms with Crippen LogP contribution in [0.1, 0.15) is 297 Å². The minimum Gasteiger partial charge on any atom is -0.462 e. The van der Waals surface area contributed by atoms with Gasteiger partial charge in [0.1, 0.15) is 13.2 Å². The topological polar surface area (TPSA) is 78.9 Å². The molecule has 6 nitrogen and oxygen atoms in total. The van der Waals surface area contributed by atoms with Crippen LogP contribution in [0.15, 0.2) is 146 Å². The second kappa shape index (κ2) is 68.8. The molecule has 0 amide bonds. The van der Waals surface area contributed by atoms with Gasteiger partial charge in [-0.3, -0.25) is 14.4 Å². The van der Waals surface area contributed by atoms with Crippen LogP contribution in [-0.4, -0.2) is 37.2 Å². The SMILES string of the molecule is CC/C=C\C/C=C\C/C=C\C/C=C\C/C=C\C/C=C\C/C=C\CCCC(=O)OC(COC(=O)CCCCCCCCCCC/C=C\C/C=C\C/C=C\C/C=C\C/C=C\CC)COC(=O)CCCCCCCCCCCCCCCCCC. The third-order valence-electron chi connectivity index (χ3n) is 14.1. The Morgan fingerprint density at radius 3 is 0.780 bits per heavy atom. The van der Waals surface area contributed by atoms with Gasteiger partial charge in [-0.15, -0.1) is 0 Å². The van der Waals surface area contributed by atoms with Crippen LogP contribution < -0.4 is 0 Å². The van der Waals surface area contributed by atoms with Crippen molar-refractivity contribution >= 4 is 17.9 Å². The van der Waals surface area contributed by atoms with E-state index in [-0.39, 0.29) is 37.5 Å². The molecule has 1 unspecified atom stereocenters. The summed E-state index contributed by atoms with van der Waals surface area (Å²) in [5.74, 6) is -0.966. The van der Waals surface area contributed by atoms with E-state index in [1.165, 1.54) is 122 Å². The summed E-state index contributed by atoms with van der Waals surface area (Å²) in [4.78, 5) is 38.4. The maximum Gasteiger partial charge on any atom is 0.306 e. The molecule has 0 saturated carbocycles. The van der Waals surface area contributed by atoms with Gasteiger partial charge in [-0.2, -0.15) is 0 Å². The number of unbranched alkanes of at least 4 members (excludes halogenated alkanes) is 25. The Kier molecular flexibility index (Phi) is 64.8. The van der Waals surface area contributed by atoms with Crippen LogP contribution in [0.4, 0.5) is 0 Å². The molecule has 0 fully saturated rings. The highest BCUT2D eigenvalue weighted by Gasteiger charge is 2.19. The Bertz CT molecular complexity index is 1780. The van der Waals surface area contributed by atoms with Crippen molar-refractivity contribution in [2.45, 2.75) is 303 Å². The van der Waals surface area contributed by atoms with Gasteiger partial charge in [-0.25, -0.2) is 0 Å². The molecular weight excluding hydrogens is 1010 g/mol. The molecule has 0 rings (SSSR count). The van der Waals surface area contributed by atoms with Gasteiger partial charge < -0.3 is 14.2 Å². The smallest absolute Gasteiger partial charge is 0.306 e. The molecule has 0 heterocycles. The Morgan fingerprint density at radius 2 is 0.488 bits per heavy atom. The zero-order valence-electron chi connectivity index (χ0n) is 53.2. The number of hydrogen-bond donors (Lipinski definition) is 0. The average Bonchev–Trinajstić information content (AvgIpc) is 3.47. The fourth-order valence-corrected chi connectivity index (χ4v) is 9.11. The van der Waals surface area contributed by atoms with Crippen molar-refractivity contribution in [3.63, 3.8) is 0 Å². The van der Waals surface area contributed by atoms with Crippen molar-refractivity contribution in [3.8, 4) is 0 Å². The highest BCUT2D eigenvalue weighted by molar-refractivity contribution is 5.71. The lowest BCUT2D eigenvalue weighted by Gasteiger charge is -2.18. The first kappa shape index (κ1) is 77.3. The number of carbonyl (C=O) groups excluding carboxylic acids is 3. The first-order valence-corrected chi connectivity index (χ1v) is 33.8. The van der Waals surface area contributed by atoms with Crippen molar-refractivity contribution < 1.29 is 28.6 Å². The number of hydrogen-bond acceptors (Lipinski definition) is 6. The average molecular weight is 1130 g/mol. The molecule has 6 heteroatoms. The molecular formula is C76H124O6. The van der Waals surface area contributed by atoms with E-state index in [0.717, 1.165) is 128 Å². The summed E-state index contributed by atoms with van der Waals surface area (Å²) >= 11 is 0. The molecule has 0 aromatic rings. The van der Waals surface area contributed by atoms with Crippen molar-refractivity contribution in [1.29, 1.82) is 0 Å². The highest BCUT2D eigenvalue weighted by Crippen LogP contribution is 2.16. The van der Waals surface area contributed by atoms with Crippen molar-refractivity contribution in [2.75, 3.05) is 13.2 Å². The fraction of sp³-hybridized carbons (Fsp3) is 0.645. The number of esters is 3. The summed E-state index contributed by atoms with van der Waals surface area (Å²) in [6.45, 7) is 6.38. The van der Waals surface area contributed by atoms with E-state index in [1.807, 2.05) is 0 Å². The molecule has 464 valence electrons. The zero-order chi connectivity index (χ0) is 59.2. The van der Waals surface area contributed by atoms with Crippen molar-refractivity contribution in [1.82, 2.24) is 0 Å². The van der Waals surface area contributed by atoms with Gasteiger partial charge in [-0.05, 0) is 116 Å². The predicted molar refractivity (Wildman–Crippen MR) is 357 cm³/mol. The van der Waals surface area contributed by atoms with Crippen molar-refractivity contribution in [3.05, 3.63) is 146 Å². The first-order chi connectivity index (χ1) is 40.5. The van der Waals surface area contributed by atoms with Gasteiger partial charge >= 0.3 is 17.9 Å². The van der Waals surface area contributed by atoms with Crippen LogP contribution in [-0.2, 0) is 28.6 Å². The number of ether oxygens (including phenoxy) is 3. The minimum absolute atomic E-state index is 0.105. The van der Waals surface area contributed by atoms with E-state index in [2.05, 4.69) is 167 Å². The van der Waals surface area contributed by atoms with Crippen LogP contribution in [0.25, 0.3) is 0 Å². The molecule has 0 aromatic heterocycles. The predicted octanol–water partition coefficient (Wildman–Crippen LogP) is 23.5. The summed E-state index contributed by atoms with van der Waals surface area (Å²) in [6.07, 6.45) is 98.6. The van der Waals surface area contributed by atoms with E-state index in [4.69, 9.17) is 14.2 Å². The second-order valence-electron chi connectivity index (χ2n) is 22.0. The summed E-state index contributed by atoms with van der Waals surface area (Å²) in [5, 5.41) is 0. The molecule has 0 spiro atoms. The van der Waals surface area contributed by atoms with E-state index < -0.39 is 6.10 Å². The standard InChI is InChI=1S/C76H124O6/c1-4-7-10-13-16-19-22-25-28-31-33-35-37-38-40-41-43-45-48-51-54-57-60-63-66-69-75(78)81-72-73(71-80-74(77)68-65-62-59-56-53-50-47-30-27-24-21-18-15-12-9-6-3)82-76(79)70-67-64-61-58-55-52-49-46-44-42-39-36-34-32-29-26-23-20-17-14-11-8-5-2/h7-8,10-11,16-17,19-20,25-26,28-29,33-36,38,40,42,44,49,52,58,61,73H,4-6,9,12-15,18,21-24,27,30-32,37,39,41,43,45-48,50-51,53-57,59-60,62-72H2,1-3H3/b10-7-,11-8-,19-16-,20-17-,28-25-,29-26-,35-33-,36-34-,40-38-,44-42-,52-49-,61-58-. The molecule has 0 aliphatic rings. The molecule has 82 heavy (non-hydrogen) atoms. The van der Waals surface area contributed by atoms with Crippen LogP contribution in [0.3, 0.4) is 0 Å². The van der Waals surface area contributed by atoms with E-state index in [1.54, 1.807) is 0 Å². The van der Waals surface area contributed by atoms with Crippen LogP contribution >= 0.6 is 0 Å². The number of rotatable bonds is 60. The van der Waals surface area contributed by atoms with Gasteiger partial charge in [0.2, 0.25) is 0 Å². The second-order valence-corrected chi connectivity index (χ2v) is 22.0. The van der Waals surface area contributed by atoms with E-state index in [9.17, 15) is 14.4 Å². The molecule has 0 aliphatic heterocycles. The van der Waals surface area contributed by atoms with E-state index in [0.29, 0.717) is 19.3 Å². The summed E-state index contributed by atoms with van der Waals surface area (Å²) < 4.78 is 16.9. The lowest BCUT2D eigenvalue weighted by atomic mass is 10.0. The summed E-state index contributed by atoms with van der Waals surface area (Å²) in [5.41, 5.74) is 0. The fourth-order valence-electron chi connectivity index (χ4n) is 9.11. The Labute approximate surface area is 506 Å². The third kappa shape index (κ3) is 66.1. The quantitative estimate of drug-likeness (QED) is 0.0261. The number of allylic oxidation sites excluding steroid dienone is 24. The molecule has 0 bridgehead atoms. The van der Waals surface area contributed by atoms with Crippen LogP contribution in [0, 0.1) is 0 Å². The van der Waals surface area contributed by atoms with Crippen LogP contribution in [0.2, 0.25) is 0 Å². The molecule has 0 N–H and O–H groups in total. The maximum atomic E-state index is 12.9. The van der Waals surface area contributed by atoms with E-state index >= 15 is 0 Å². The van der Waals surface area contributed by atoms with Crippen LogP contribution in [0.5, 0.6) is 0 Å². The largest absolute Gasteiger partial charge is 0.462 e. The molecule has 0 aromatic carbocycles. The minimum atomic E-state index is -0.818. The van der Waals surface area contributed by atoms with Gasteiger partial charge in [0.15, 0.2) is 6.10 Å². The van der Waals surface area contributed by atoms with Crippen molar-refractivity contribution in [2.24, 2.45) is 0 Å². The summed E-state index contributed by atoms with van der Waals surface area (Å²) in [7, 11) is 0. The maximum absolute atomic E-state index is 12.9. The molecule has 0 aliphatic carbocycles. The molecule has 0 radical (unpaired) electrons. The Morgan fingerprint density at radius 1 is 0.256 bits per heavy atom. The molecule has 1 atom stereocenters. The lowest BCUT2D eigenvalue weighted by Crippen LogP contribution is -2.30. The Balaban J connectivity index is 4.48. The molecule has 0 saturated heterocycles. The Hall–Kier alpha value is -4.71. The van der Waals surface area contributed by atoms with Gasteiger partial charge in [0.25, 0.3) is 0 Å². The highest BCUT2D eigenvalue weighted by atomic mass is 16.6. The normalized spacial score (nSPS) is 13.1. The number of carbonyl (C=O) groups is 3. The zero-order valence-corrected chi connectivity index (χ0v) is 53.2. The first-order valence-electron chi connectivity index (χ1n) is 33.8.